The fourth-order valence-corrected chi connectivity index (χ4v) is 2.03. The first-order valence-corrected chi connectivity index (χ1v) is 6.68. The number of benzene rings is 2. The molecule has 0 radical (unpaired) electrons. The third-order valence-electron chi connectivity index (χ3n) is 3.13. The van der Waals surface area contributed by atoms with E-state index in [0.29, 0.717) is 12.1 Å². The van der Waals surface area contributed by atoms with Gasteiger partial charge in [0, 0.05) is 5.69 Å². The number of carbonyl (C=O) groups excluding carboxylic acids is 2. The number of rotatable bonds is 5. The van der Waals surface area contributed by atoms with Gasteiger partial charge in [-0.1, -0.05) is 48.5 Å². The maximum Gasteiger partial charge on any atom is 0.318 e. The minimum atomic E-state index is -0.863. The van der Waals surface area contributed by atoms with Crippen LogP contribution in [-0.2, 0) is 20.7 Å². The molecule has 0 heterocycles. The highest BCUT2D eigenvalue weighted by Crippen LogP contribution is 2.14. The van der Waals surface area contributed by atoms with E-state index in [2.05, 4.69) is 5.32 Å². The Morgan fingerprint density at radius 2 is 1.57 bits per heavy atom. The van der Waals surface area contributed by atoms with Crippen LogP contribution in [0, 0.1) is 5.92 Å². The number of amides is 1. The Kier molecular flexibility index (Phi) is 5.10. The molecule has 4 heteroatoms. The van der Waals surface area contributed by atoms with Crippen molar-refractivity contribution in [2.75, 3.05) is 12.4 Å². The quantitative estimate of drug-likeness (QED) is 0.678. The van der Waals surface area contributed by atoms with Gasteiger partial charge in [0.1, 0.15) is 5.92 Å². The zero-order valence-electron chi connectivity index (χ0n) is 11.8. The summed E-state index contributed by atoms with van der Waals surface area (Å²) in [7, 11) is 1.29. The largest absolute Gasteiger partial charge is 0.468 e. The van der Waals surface area contributed by atoms with E-state index in [1.165, 1.54) is 7.11 Å². The summed E-state index contributed by atoms with van der Waals surface area (Å²) < 4.78 is 4.74. The summed E-state index contributed by atoms with van der Waals surface area (Å²) in [6.07, 6.45) is 0.312. The summed E-state index contributed by atoms with van der Waals surface area (Å²) in [5.74, 6) is -1.76. The van der Waals surface area contributed by atoms with Gasteiger partial charge in [0.15, 0.2) is 0 Å². The van der Waals surface area contributed by atoms with E-state index in [9.17, 15) is 9.59 Å². The normalized spacial score (nSPS) is 11.5. The van der Waals surface area contributed by atoms with Crippen LogP contribution in [0.3, 0.4) is 0 Å². The lowest BCUT2D eigenvalue weighted by molar-refractivity contribution is -0.148. The van der Waals surface area contributed by atoms with Gasteiger partial charge >= 0.3 is 5.97 Å². The fourth-order valence-electron chi connectivity index (χ4n) is 2.03. The van der Waals surface area contributed by atoms with Gasteiger partial charge in [-0.25, -0.2) is 0 Å². The van der Waals surface area contributed by atoms with E-state index in [1.54, 1.807) is 12.1 Å². The third-order valence-corrected chi connectivity index (χ3v) is 3.13. The Balaban J connectivity index is 2.12. The van der Waals surface area contributed by atoms with Crippen LogP contribution in [0.1, 0.15) is 5.56 Å². The Morgan fingerprint density at radius 3 is 2.14 bits per heavy atom. The van der Waals surface area contributed by atoms with Crippen molar-refractivity contribution in [3.8, 4) is 0 Å². The number of carbonyl (C=O) groups is 2. The number of ether oxygens (including phenoxy) is 1. The van der Waals surface area contributed by atoms with E-state index < -0.39 is 11.9 Å². The lowest BCUT2D eigenvalue weighted by atomic mass is 9.98. The molecule has 2 aromatic rings. The van der Waals surface area contributed by atoms with Crippen LogP contribution in [0.5, 0.6) is 0 Å². The van der Waals surface area contributed by atoms with Gasteiger partial charge in [-0.3, -0.25) is 9.59 Å². The van der Waals surface area contributed by atoms with E-state index in [-0.39, 0.29) is 5.91 Å². The maximum atomic E-state index is 12.3. The minimum absolute atomic E-state index is 0.312. The topological polar surface area (TPSA) is 55.4 Å². The first kappa shape index (κ1) is 14.8. The van der Waals surface area contributed by atoms with Crippen LogP contribution < -0.4 is 5.32 Å². The standard InChI is InChI=1S/C17H17NO3/c1-21-17(20)15(12-13-8-4-2-5-9-13)16(19)18-14-10-6-3-7-11-14/h2-11,15H,12H2,1H3,(H,18,19). The van der Waals surface area contributed by atoms with Gasteiger partial charge < -0.3 is 10.1 Å². The zero-order valence-corrected chi connectivity index (χ0v) is 11.8. The molecule has 0 aromatic heterocycles. The predicted octanol–water partition coefficient (Wildman–Crippen LogP) is 2.66. The van der Waals surface area contributed by atoms with Gasteiger partial charge in [0.05, 0.1) is 7.11 Å². The van der Waals surface area contributed by atoms with Crippen molar-refractivity contribution < 1.29 is 14.3 Å². The molecule has 21 heavy (non-hydrogen) atoms. The van der Waals surface area contributed by atoms with Gasteiger partial charge in [0.25, 0.3) is 0 Å². The number of anilines is 1. The average molecular weight is 283 g/mol. The number of hydrogen-bond acceptors (Lipinski definition) is 3. The third kappa shape index (κ3) is 4.18. The maximum absolute atomic E-state index is 12.3. The van der Waals surface area contributed by atoms with Crippen LogP contribution in [0.4, 0.5) is 5.69 Å². The lowest BCUT2D eigenvalue weighted by Gasteiger charge is -2.15. The van der Waals surface area contributed by atoms with Crippen molar-refractivity contribution in [2.45, 2.75) is 6.42 Å². The molecule has 0 aliphatic rings. The van der Waals surface area contributed by atoms with Crippen LogP contribution in [0.25, 0.3) is 0 Å². The number of para-hydroxylation sites is 1. The van der Waals surface area contributed by atoms with E-state index >= 15 is 0 Å². The van der Waals surface area contributed by atoms with Crippen molar-refractivity contribution in [3.05, 3.63) is 66.2 Å². The average Bonchev–Trinajstić information content (AvgIpc) is 2.53. The summed E-state index contributed by atoms with van der Waals surface area (Å²) in [5.41, 5.74) is 1.57. The molecule has 0 saturated carbocycles. The monoisotopic (exact) mass is 283 g/mol. The fraction of sp³-hybridized carbons (Fsp3) is 0.176. The summed E-state index contributed by atoms with van der Waals surface area (Å²) in [4.78, 5) is 24.2. The van der Waals surface area contributed by atoms with Gasteiger partial charge in [-0.05, 0) is 24.1 Å². The molecule has 1 unspecified atom stereocenters. The molecule has 108 valence electrons. The second kappa shape index (κ2) is 7.24. The highest BCUT2D eigenvalue weighted by molar-refractivity contribution is 6.04. The number of esters is 1. The summed E-state index contributed by atoms with van der Waals surface area (Å²) in [6, 6.07) is 18.4. The highest BCUT2D eigenvalue weighted by atomic mass is 16.5. The highest BCUT2D eigenvalue weighted by Gasteiger charge is 2.27. The van der Waals surface area contributed by atoms with E-state index in [4.69, 9.17) is 4.74 Å². The summed E-state index contributed by atoms with van der Waals surface area (Å²) >= 11 is 0. The molecule has 0 aliphatic heterocycles. The van der Waals surface area contributed by atoms with Crippen LogP contribution >= 0.6 is 0 Å². The Hall–Kier alpha value is -2.62. The SMILES string of the molecule is COC(=O)C(Cc1ccccc1)C(=O)Nc1ccccc1. The summed E-state index contributed by atoms with van der Waals surface area (Å²) in [5, 5.41) is 2.74. The second-order valence-electron chi connectivity index (χ2n) is 4.62. The molecule has 0 saturated heterocycles. The number of methoxy groups -OCH3 is 1. The molecule has 4 nitrogen and oxygen atoms in total. The molecule has 0 aliphatic carbocycles. The van der Waals surface area contributed by atoms with Crippen LogP contribution in [0.15, 0.2) is 60.7 Å². The molecule has 1 atom stereocenters. The van der Waals surface area contributed by atoms with E-state index in [1.807, 2.05) is 48.5 Å². The number of nitrogens with one attached hydrogen (secondary N) is 1. The van der Waals surface area contributed by atoms with Crippen molar-refractivity contribution in [2.24, 2.45) is 5.92 Å². The number of hydrogen-bond donors (Lipinski definition) is 1. The van der Waals surface area contributed by atoms with Crippen LogP contribution in [-0.4, -0.2) is 19.0 Å². The van der Waals surface area contributed by atoms with Crippen molar-refractivity contribution in [1.82, 2.24) is 0 Å². The van der Waals surface area contributed by atoms with Gasteiger partial charge in [0.2, 0.25) is 5.91 Å². The molecular weight excluding hydrogens is 266 g/mol. The smallest absolute Gasteiger partial charge is 0.318 e. The first-order valence-electron chi connectivity index (χ1n) is 6.68. The summed E-state index contributed by atoms with van der Waals surface area (Å²) in [6.45, 7) is 0. The zero-order chi connectivity index (χ0) is 15.1. The molecule has 0 spiro atoms. The molecule has 0 fully saturated rings. The minimum Gasteiger partial charge on any atom is -0.468 e. The van der Waals surface area contributed by atoms with Crippen molar-refractivity contribution >= 4 is 17.6 Å². The first-order chi connectivity index (χ1) is 10.2. The second-order valence-corrected chi connectivity index (χ2v) is 4.62. The molecule has 2 rings (SSSR count). The lowest BCUT2D eigenvalue weighted by Crippen LogP contribution is -2.32. The Bertz CT molecular complexity index is 596. The van der Waals surface area contributed by atoms with Gasteiger partial charge in [-0.15, -0.1) is 0 Å². The van der Waals surface area contributed by atoms with Crippen molar-refractivity contribution in [1.29, 1.82) is 0 Å². The van der Waals surface area contributed by atoms with Crippen LogP contribution in [0.2, 0.25) is 0 Å². The molecule has 1 amide bonds. The molecule has 0 bridgehead atoms. The Labute approximate surface area is 123 Å². The van der Waals surface area contributed by atoms with E-state index in [0.717, 1.165) is 5.56 Å². The molecule has 2 aromatic carbocycles. The molecule has 1 N–H and O–H groups in total. The van der Waals surface area contributed by atoms with Crippen molar-refractivity contribution in [3.63, 3.8) is 0 Å². The van der Waals surface area contributed by atoms with Gasteiger partial charge in [-0.2, -0.15) is 0 Å². The Morgan fingerprint density at radius 1 is 1.00 bits per heavy atom. The molecular formula is C17H17NO3. The predicted molar refractivity (Wildman–Crippen MR) is 80.7 cm³/mol.